The maximum absolute atomic E-state index is 14.1. The second-order valence-electron chi connectivity index (χ2n) is 11.6. The molecule has 2 aliphatic carbocycles. The minimum atomic E-state index is -4.98. The van der Waals surface area contributed by atoms with Crippen molar-refractivity contribution in [2.75, 3.05) is 0 Å². The monoisotopic (exact) mass is 703 g/mol. The summed E-state index contributed by atoms with van der Waals surface area (Å²) >= 11 is 0. The quantitative estimate of drug-likeness (QED) is 0.132. The molecule has 0 unspecified atom stereocenters. The molecule has 0 amide bonds. The van der Waals surface area contributed by atoms with Crippen molar-refractivity contribution in [2.45, 2.75) is 12.4 Å². The summed E-state index contributed by atoms with van der Waals surface area (Å²) in [6, 6.07) is 22.7. The van der Waals surface area contributed by atoms with E-state index < -0.39 is 35.1 Å². The summed E-state index contributed by atoms with van der Waals surface area (Å²) < 4.78 is 109. The Morgan fingerprint density at radius 1 is 0.442 bits per heavy atom. The number of fused-ring (bicyclic) bond motifs is 6. The number of pyridine rings is 1. The van der Waals surface area contributed by atoms with Crippen LogP contribution in [0.15, 0.2) is 90.0 Å². The van der Waals surface area contributed by atoms with Crippen molar-refractivity contribution >= 4 is 11.1 Å². The molecular weight excluding hydrogens is 690 g/mol. The van der Waals surface area contributed by atoms with Crippen LogP contribution in [0.1, 0.15) is 33.5 Å². The van der Waals surface area contributed by atoms with Crippen molar-refractivity contribution in [2.24, 2.45) is 0 Å². The van der Waals surface area contributed by atoms with Gasteiger partial charge in [-0.2, -0.15) is 47.4 Å². The van der Waals surface area contributed by atoms with Gasteiger partial charge < -0.3 is 0 Å². The van der Waals surface area contributed by atoms with Gasteiger partial charge in [0, 0.05) is 27.8 Å². The van der Waals surface area contributed by atoms with Crippen molar-refractivity contribution in [3.05, 3.63) is 135 Å². The fraction of sp³-hybridized carbons (Fsp3) is 0.0513. The summed E-state index contributed by atoms with van der Waals surface area (Å²) in [6.07, 6.45) is -9.95. The molecule has 52 heavy (non-hydrogen) atoms. The summed E-state index contributed by atoms with van der Waals surface area (Å²) in [5, 5.41) is 39.8. The van der Waals surface area contributed by atoms with Crippen LogP contribution in [0.4, 0.5) is 35.1 Å². The highest BCUT2D eigenvalue weighted by Crippen LogP contribution is 2.53. The third-order valence-electron chi connectivity index (χ3n) is 8.81. The minimum absolute atomic E-state index is 0.00360. The highest BCUT2D eigenvalue weighted by molar-refractivity contribution is 6.09. The van der Waals surface area contributed by atoms with E-state index in [0.717, 1.165) is 12.1 Å². The second kappa shape index (κ2) is 11.8. The molecule has 0 aliphatic heterocycles. The first-order valence-electron chi connectivity index (χ1n) is 14.9. The lowest BCUT2D eigenvalue weighted by Gasteiger charge is -2.12. The Labute approximate surface area is 288 Å². The lowest BCUT2D eigenvalue weighted by Crippen LogP contribution is -2.08. The number of alkyl halides is 6. The number of benzene rings is 4. The van der Waals surface area contributed by atoms with Gasteiger partial charge in [-0.1, -0.05) is 36.4 Å². The normalized spacial score (nSPS) is 12.5. The number of allylic oxidation sites excluding steroid dienone is 2. The van der Waals surface area contributed by atoms with Crippen LogP contribution < -0.4 is 0 Å². The molecular formula is C39H13F8N5. The zero-order valence-corrected chi connectivity index (χ0v) is 25.8. The van der Waals surface area contributed by atoms with Crippen molar-refractivity contribution in [3.63, 3.8) is 0 Å². The Bertz CT molecular complexity index is 2460. The maximum Gasteiger partial charge on any atom is 0.419 e. The number of halogens is 8. The SMILES string of the molecule is N#CC(C#N)=C1c2cc(-c3ccc(F)c(C(F)(F)F)c3)ccc2-c2nc3c(cc21)-c1ccc(-c2ccc(F)c(C(F)(F)F)c2)cc1C3=C(C#N)C#N. The van der Waals surface area contributed by atoms with E-state index >= 15 is 0 Å². The van der Waals surface area contributed by atoms with E-state index in [0.29, 0.717) is 41.0 Å². The van der Waals surface area contributed by atoms with E-state index in [2.05, 4.69) is 0 Å². The Hall–Kier alpha value is -7.09. The predicted octanol–water partition coefficient (Wildman–Crippen LogP) is 10.4. The second-order valence-corrected chi connectivity index (χ2v) is 11.6. The van der Waals surface area contributed by atoms with E-state index in [4.69, 9.17) is 4.98 Å². The van der Waals surface area contributed by atoms with Crippen LogP contribution >= 0.6 is 0 Å². The van der Waals surface area contributed by atoms with E-state index in [1.807, 2.05) is 24.3 Å². The largest absolute Gasteiger partial charge is 0.419 e. The zero-order valence-electron chi connectivity index (χ0n) is 25.8. The summed E-state index contributed by atoms with van der Waals surface area (Å²) in [4.78, 5) is 4.80. The highest BCUT2D eigenvalue weighted by Gasteiger charge is 2.38. The van der Waals surface area contributed by atoms with E-state index in [-0.39, 0.29) is 72.6 Å². The van der Waals surface area contributed by atoms with Gasteiger partial charge in [0.15, 0.2) is 0 Å². The van der Waals surface area contributed by atoms with Crippen LogP contribution in [0.5, 0.6) is 0 Å². The molecule has 0 bridgehead atoms. The number of rotatable bonds is 2. The van der Waals surface area contributed by atoms with Gasteiger partial charge in [-0.3, -0.25) is 0 Å². The third kappa shape index (κ3) is 5.16. The van der Waals surface area contributed by atoms with Gasteiger partial charge in [-0.15, -0.1) is 0 Å². The molecule has 0 N–H and O–H groups in total. The van der Waals surface area contributed by atoms with Gasteiger partial charge in [-0.05, 0) is 81.4 Å². The predicted molar refractivity (Wildman–Crippen MR) is 170 cm³/mol. The van der Waals surface area contributed by atoms with Gasteiger partial charge in [0.25, 0.3) is 0 Å². The number of nitrogens with zero attached hydrogens (tertiary/aromatic N) is 5. The molecule has 5 nitrogen and oxygen atoms in total. The van der Waals surface area contributed by atoms with Crippen LogP contribution in [-0.4, -0.2) is 4.98 Å². The molecule has 1 heterocycles. The molecule has 0 spiro atoms. The van der Waals surface area contributed by atoms with Crippen LogP contribution in [0, 0.1) is 57.0 Å². The third-order valence-corrected chi connectivity index (χ3v) is 8.81. The number of hydrogen-bond acceptors (Lipinski definition) is 5. The van der Waals surface area contributed by atoms with Gasteiger partial charge in [0.1, 0.15) is 47.1 Å². The molecule has 2 aliphatic rings. The Balaban J connectivity index is 1.44. The first-order chi connectivity index (χ1) is 24.7. The van der Waals surface area contributed by atoms with Crippen LogP contribution in [0.2, 0.25) is 0 Å². The smallest absolute Gasteiger partial charge is 0.246 e. The molecule has 1 aromatic heterocycles. The Kier molecular flexibility index (Phi) is 7.56. The van der Waals surface area contributed by atoms with Gasteiger partial charge >= 0.3 is 12.4 Å². The average Bonchev–Trinajstić information content (AvgIpc) is 3.59. The van der Waals surface area contributed by atoms with E-state index in [1.54, 1.807) is 6.07 Å². The van der Waals surface area contributed by atoms with Crippen molar-refractivity contribution in [1.29, 1.82) is 21.0 Å². The molecule has 0 radical (unpaired) electrons. The van der Waals surface area contributed by atoms with Crippen LogP contribution in [-0.2, 0) is 12.4 Å². The number of nitriles is 4. The molecule has 0 atom stereocenters. The molecule has 7 rings (SSSR count). The number of hydrogen-bond donors (Lipinski definition) is 0. The van der Waals surface area contributed by atoms with E-state index in [9.17, 15) is 56.2 Å². The minimum Gasteiger partial charge on any atom is -0.246 e. The van der Waals surface area contributed by atoms with Crippen molar-refractivity contribution in [3.8, 4) is 68.9 Å². The summed E-state index contributed by atoms with van der Waals surface area (Å²) in [7, 11) is 0. The molecule has 250 valence electrons. The average molecular weight is 704 g/mol. The topological polar surface area (TPSA) is 108 Å². The molecule has 13 heteroatoms. The zero-order chi connectivity index (χ0) is 37.3. The summed E-state index contributed by atoms with van der Waals surface area (Å²) in [5.74, 6) is -2.93. The number of aromatic nitrogens is 1. The van der Waals surface area contributed by atoms with Gasteiger partial charge in [0.05, 0.1) is 22.5 Å². The van der Waals surface area contributed by atoms with Gasteiger partial charge in [0.2, 0.25) is 0 Å². The Morgan fingerprint density at radius 2 is 0.865 bits per heavy atom. The maximum atomic E-state index is 14.1. The van der Waals surface area contributed by atoms with Gasteiger partial charge in [-0.25, -0.2) is 13.8 Å². The fourth-order valence-electron chi connectivity index (χ4n) is 6.52. The lowest BCUT2D eigenvalue weighted by molar-refractivity contribution is -0.140. The van der Waals surface area contributed by atoms with Crippen molar-refractivity contribution < 1.29 is 35.1 Å². The highest BCUT2D eigenvalue weighted by atomic mass is 19.4. The molecule has 5 aromatic rings. The molecule has 0 fully saturated rings. The first-order valence-corrected chi connectivity index (χ1v) is 14.9. The van der Waals surface area contributed by atoms with E-state index in [1.165, 1.54) is 36.4 Å². The Morgan fingerprint density at radius 3 is 1.35 bits per heavy atom. The summed E-state index contributed by atoms with van der Waals surface area (Å²) in [5.41, 5.74) is -0.851. The molecule has 0 saturated heterocycles. The molecule has 0 saturated carbocycles. The van der Waals surface area contributed by atoms with Crippen LogP contribution in [0.3, 0.4) is 0 Å². The lowest BCUT2D eigenvalue weighted by atomic mass is 9.94. The van der Waals surface area contributed by atoms with Crippen LogP contribution in [0.25, 0.3) is 55.8 Å². The fourth-order valence-corrected chi connectivity index (χ4v) is 6.52. The summed E-state index contributed by atoms with van der Waals surface area (Å²) in [6.45, 7) is 0. The standard InChI is InChI=1S/C39H13F8N5/c40-32-7-3-20(11-30(32)38(42,43)44)18-1-5-24-26(9-18)35(23(16-50)17-51)37-28(24)13-29-34(22(14-48)15-49)27-10-19(2-6-25(27)36(29)52-37)21-4-8-33(41)31(12-21)39(45,46)47/h1-13H. The molecule has 4 aromatic carbocycles. The first kappa shape index (κ1) is 33.4. The van der Waals surface area contributed by atoms with Crippen molar-refractivity contribution in [1.82, 2.24) is 4.98 Å².